The van der Waals surface area contributed by atoms with Crippen molar-refractivity contribution in [2.75, 3.05) is 6.54 Å². The van der Waals surface area contributed by atoms with Gasteiger partial charge in [0.15, 0.2) is 0 Å². The van der Waals surface area contributed by atoms with Gasteiger partial charge in [0.25, 0.3) is 0 Å². The third-order valence-electron chi connectivity index (χ3n) is 10.3. The number of ether oxygens (including phenoxy) is 1. The summed E-state index contributed by atoms with van der Waals surface area (Å²) < 4.78 is 7.06. The molecule has 1 spiro atoms. The van der Waals surface area contributed by atoms with Crippen molar-refractivity contribution in [3.05, 3.63) is 221 Å². The van der Waals surface area contributed by atoms with E-state index >= 15 is 9.59 Å². The molecule has 0 bridgehead atoms. The minimum absolute atomic E-state index is 0.0166. The Kier molecular flexibility index (Phi) is 8.00. The summed E-state index contributed by atoms with van der Waals surface area (Å²) in [5.41, 5.74) is 4.61. The van der Waals surface area contributed by atoms with Crippen molar-refractivity contribution in [1.29, 1.82) is 0 Å². The molecule has 0 radical (unpaired) electrons. The van der Waals surface area contributed by atoms with Gasteiger partial charge in [0, 0.05) is 12.1 Å². The lowest BCUT2D eigenvalue weighted by Crippen LogP contribution is -2.79. The molecule has 1 saturated heterocycles. The number of hydrogen-bond donors (Lipinski definition) is 0. The second-order valence-corrected chi connectivity index (χ2v) is 12.9. The molecule has 4 nitrogen and oxygen atoms in total. The van der Waals surface area contributed by atoms with Gasteiger partial charge in [-0.15, -0.1) is 0 Å². The van der Waals surface area contributed by atoms with Crippen molar-refractivity contribution in [1.82, 2.24) is 4.90 Å². The topological polar surface area (TPSA) is 46.6 Å². The Morgan fingerprint density at radius 2 is 1.08 bits per heavy atom. The Morgan fingerprint density at radius 1 is 0.620 bits per heavy atom. The summed E-state index contributed by atoms with van der Waals surface area (Å²) in [7, 11) is 0. The number of likely N-dealkylation sites (tertiary alicyclic amines) is 1. The number of β-lactam (4-membered cyclic amide) rings is 1. The number of hydrogen-bond acceptors (Lipinski definition) is 3. The van der Waals surface area contributed by atoms with Gasteiger partial charge in [-0.2, -0.15) is 0 Å². The van der Waals surface area contributed by atoms with E-state index in [0.29, 0.717) is 12.3 Å². The van der Waals surface area contributed by atoms with Crippen LogP contribution in [0.2, 0.25) is 0 Å². The highest BCUT2D eigenvalue weighted by Crippen LogP contribution is 2.68. The van der Waals surface area contributed by atoms with Gasteiger partial charge < -0.3 is 9.64 Å². The van der Waals surface area contributed by atoms with E-state index in [1.54, 1.807) is 0 Å². The molecule has 0 aromatic heterocycles. The average molecular weight is 652 g/mol. The summed E-state index contributed by atoms with van der Waals surface area (Å²) in [6.07, 6.45) is 0.730. The molecule has 1 aliphatic carbocycles. The van der Waals surface area contributed by atoms with Crippen molar-refractivity contribution < 1.29 is 14.3 Å². The van der Waals surface area contributed by atoms with Crippen LogP contribution >= 0.6 is 0 Å². The number of esters is 1. The van der Waals surface area contributed by atoms with Crippen LogP contribution in [0.5, 0.6) is 0 Å². The van der Waals surface area contributed by atoms with Crippen molar-refractivity contribution in [2.45, 2.75) is 30.2 Å². The highest BCUT2D eigenvalue weighted by atomic mass is 16.5. The van der Waals surface area contributed by atoms with Crippen LogP contribution in [0.25, 0.3) is 5.57 Å². The molecule has 2 aliphatic rings. The van der Waals surface area contributed by atoms with Crippen LogP contribution in [0.3, 0.4) is 0 Å². The van der Waals surface area contributed by atoms with Gasteiger partial charge in [0.2, 0.25) is 5.91 Å². The lowest BCUT2D eigenvalue weighted by atomic mass is 9.51. The fourth-order valence-corrected chi connectivity index (χ4v) is 8.37. The van der Waals surface area contributed by atoms with Gasteiger partial charge in [0.05, 0.1) is 0 Å². The quantitative estimate of drug-likeness (QED) is 0.116. The van der Waals surface area contributed by atoms with Gasteiger partial charge >= 0.3 is 5.97 Å². The van der Waals surface area contributed by atoms with E-state index in [0.717, 1.165) is 50.9 Å². The van der Waals surface area contributed by atoms with Gasteiger partial charge in [-0.1, -0.05) is 183 Å². The second-order valence-electron chi connectivity index (χ2n) is 12.9. The molecule has 1 atom stereocenters. The van der Waals surface area contributed by atoms with E-state index in [1.807, 2.05) is 157 Å². The summed E-state index contributed by atoms with van der Waals surface area (Å²) in [6, 6.07) is 58.0. The molecule has 0 N–H and O–H groups in total. The lowest BCUT2D eigenvalue weighted by molar-refractivity contribution is -0.177. The van der Waals surface area contributed by atoms with Crippen LogP contribution in [-0.4, -0.2) is 23.3 Å². The first-order chi connectivity index (χ1) is 24.6. The van der Waals surface area contributed by atoms with Crippen LogP contribution < -0.4 is 0 Å². The average Bonchev–Trinajstić information content (AvgIpc) is 3.47. The Morgan fingerprint density at radius 3 is 1.60 bits per heavy atom. The van der Waals surface area contributed by atoms with Crippen molar-refractivity contribution in [2.24, 2.45) is 0 Å². The van der Waals surface area contributed by atoms with E-state index in [2.05, 4.69) is 31.2 Å². The zero-order chi connectivity index (χ0) is 34.1. The molecule has 1 aliphatic heterocycles. The zero-order valence-corrected chi connectivity index (χ0v) is 27.9. The molecule has 6 aromatic carbocycles. The molecule has 1 heterocycles. The van der Waals surface area contributed by atoms with E-state index < -0.39 is 22.8 Å². The number of fused-ring (bicyclic) bond motifs is 2. The predicted octanol–water partition coefficient (Wildman–Crippen LogP) is 9.27. The number of benzene rings is 6. The maximum Gasteiger partial charge on any atom is 0.323 e. The molecule has 0 saturated carbocycles. The van der Waals surface area contributed by atoms with E-state index in [9.17, 15) is 0 Å². The number of nitrogens with zero attached hydrogens (tertiary/aromatic N) is 1. The lowest BCUT2D eigenvalue weighted by Gasteiger charge is -2.64. The maximum atomic E-state index is 15.3. The Labute approximate surface area is 293 Å². The van der Waals surface area contributed by atoms with Gasteiger partial charge in [0.1, 0.15) is 22.6 Å². The Hall–Kier alpha value is -6.00. The monoisotopic (exact) mass is 651 g/mol. The number of rotatable bonds is 9. The number of carbonyl (C=O) groups excluding carboxylic acids is 2. The minimum Gasteiger partial charge on any atom is -0.427 e. The van der Waals surface area contributed by atoms with E-state index in [1.165, 1.54) is 0 Å². The molecule has 4 heteroatoms. The second kappa shape index (κ2) is 12.8. The fourth-order valence-electron chi connectivity index (χ4n) is 8.37. The normalized spacial score (nSPS) is 17.5. The molecule has 1 unspecified atom stereocenters. The molecule has 244 valence electrons. The van der Waals surface area contributed by atoms with Crippen LogP contribution in [-0.2, 0) is 25.3 Å². The maximum absolute atomic E-state index is 15.3. The van der Waals surface area contributed by atoms with Crippen molar-refractivity contribution >= 4 is 17.4 Å². The molecular formula is C46H37NO3. The highest BCUT2D eigenvalue weighted by Gasteiger charge is 2.78. The molecule has 1 amide bonds. The number of carbonyl (C=O) groups is 2. The first-order valence-electron chi connectivity index (χ1n) is 17.3. The standard InChI is InChI=1S/C46H37NO3/c1-2-32-47-44(49)45(36-26-14-6-15-27-36,37-28-16-7-17-29-37)46(47)39-31-19-18-30-38(39)41(35-24-12-5-13-25-35)42(46)50-43(48)40(33-20-8-3-9-21-33)34-22-10-4-11-23-34/h3-31,40H,2,32H2,1H3. The third kappa shape index (κ3) is 4.52. The smallest absolute Gasteiger partial charge is 0.323 e. The van der Waals surface area contributed by atoms with Crippen LogP contribution in [0, 0.1) is 0 Å². The zero-order valence-electron chi connectivity index (χ0n) is 27.9. The van der Waals surface area contributed by atoms with E-state index in [-0.39, 0.29) is 5.91 Å². The van der Waals surface area contributed by atoms with Crippen LogP contribution in [0.15, 0.2) is 182 Å². The first kappa shape index (κ1) is 31.3. The third-order valence-corrected chi connectivity index (χ3v) is 10.3. The SMILES string of the molecule is CCCN1C(=O)C(c2ccccc2)(c2ccccc2)C12C(OC(=O)C(c1ccccc1)c1ccccc1)=C(c1ccccc1)c1ccccc12. The largest absolute Gasteiger partial charge is 0.427 e. The van der Waals surface area contributed by atoms with Crippen LogP contribution in [0.4, 0.5) is 0 Å². The van der Waals surface area contributed by atoms with Gasteiger partial charge in [-0.3, -0.25) is 9.59 Å². The Bertz CT molecular complexity index is 2100. The number of amides is 1. The summed E-state index contributed by atoms with van der Waals surface area (Å²) in [6.45, 7) is 2.57. The fraction of sp³-hybridized carbons (Fsp3) is 0.130. The first-order valence-corrected chi connectivity index (χ1v) is 17.3. The van der Waals surface area contributed by atoms with Gasteiger partial charge in [-0.05, 0) is 45.4 Å². The molecule has 50 heavy (non-hydrogen) atoms. The molecule has 1 fully saturated rings. The Balaban J connectivity index is 1.47. The minimum atomic E-state index is -1.22. The molecule has 6 aromatic rings. The van der Waals surface area contributed by atoms with Crippen LogP contribution in [0.1, 0.15) is 58.2 Å². The summed E-state index contributed by atoms with van der Waals surface area (Å²) in [4.78, 5) is 32.3. The summed E-state index contributed by atoms with van der Waals surface area (Å²) >= 11 is 0. The molecule has 8 rings (SSSR count). The van der Waals surface area contributed by atoms with Crippen molar-refractivity contribution in [3.63, 3.8) is 0 Å². The highest BCUT2D eigenvalue weighted by molar-refractivity contribution is 6.07. The van der Waals surface area contributed by atoms with Gasteiger partial charge in [-0.25, -0.2) is 0 Å². The van der Waals surface area contributed by atoms with Crippen molar-refractivity contribution in [3.8, 4) is 0 Å². The predicted molar refractivity (Wildman–Crippen MR) is 197 cm³/mol. The summed E-state index contributed by atoms with van der Waals surface area (Å²) in [5, 5.41) is 0. The molecular weight excluding hydrogens is 615 g/mol. The summed E-state index contributed by atoms with van der Waals surface area (Å²) in [5.74, 6) is -0.630. The van der Waals surface area contributed by atoms with E-state index in [4.69, 9.17) is 4.74 Å².